The molecule has 1 atom stereocenters. The third-order valence-electron chi connectivity index (χ3n) is 3.18. The maximum atomic E-state index is 12.3. The average Bonchev–Trinajstić information content (AvgIpc) is 2.90. The molecule has 1 aromatic carbocycles. The molecule has 0 saturated carbocycles. The molecule has 0 spiro atoms. The third-order valence-corrected chi connectivity index (χ3v) is 4.65. The predicted octanol–water partition coefficient (Wildman–Crippen LogP) is 0.389. The number of aliphatic carboxylic acids is 1. The number of sulfonamides is 1. The van der Waals surface area contributed by atoms with Crippen LogP contribution < -0.4 is 9.46 Å². The van der Waals surface area contributed by atoms with Crippen molar-refractivity contribution < 1.29 is 27.8 Å². The normalized spacial score (nSPS) is 15.3. The molecule has 2 N–H and O–H groups in total. The molecule has 0 aliphatic carbocycles. The lowest BCUT2D eigenvalue weighted by Crippen LogP contribution is -2.41. The molecule has 1 aliphatic rings. The Kier molecular flexibility index (Phi) is 4.81. The van der Waals surface area contributed by atoms with Gasteiger partial charge in [-0.05, 0) is 30.2 Å². The van der Waals surface area contributed by atoms with E-state index in [9.17, 15) is 13.2 Å². The van der Waals surface area contributed by atoms with E-state index in [1.54, 1.807) is 6.07 Å². The van der Waals surface area contributed by atoms with Gasteiger partial charge in [-0.3, -0.25) is 4.79 Å². The lowest BCUT2D eigenvalue weighted by atomic mass is 10.2. The second-order valence-corrected chi connectivity index (χ2v) is 6.38. The van der Waals surface area contributed by atoms with Crippen molar-refractivity contribution in [1.29, 1.82) is 0 Å². The second-order valence-electron chi connectivity index (χ2n) is 4.66. The number of hydrogen-bond donors (Lipinski definition) is 2. The van der Waals surface area contributed by atoms with Gasteiger partial charge < -0.3 is 14.6 Å². The predicted molar refractivity (Wildman–Crippen MR) is 73.9 cm³/mol. The lowest BCUT2D eigenvalue weighted by molar-refractivity contribution is -0.139. The molecule has 0 amide bonds. The Balaban J connectivity index is 2.18. The van der Waals surface area contributed by atoms with Gasteiger partial charge in [0.15, 0.2) is 0 Å². The van der Waals surface area contributed by atoms with Crippen molar-refractivity contribution in [1.82, 2.24) is 4.72 Å². The number of benzene rings is 1. The van der Waals surface area contributed by atoms with E-state index in [0.29, 0.717) is 18.8 Å². The van der Waals surface area contributed by atoms with Crippen LogP contribution in [0.4, 0.5) is 0 Å². The Morgan fingerprint density at radius 2 is 2.29 bits per heavy atom. The fraction of sp³-hybridized carbons (Fsp3) is 0.462. The Morgan fingerprint density at radius 1 is 1.52 bits per heavy atom. The summed E-state index contributed by atoms with van der Waals surface area (Å²) in [5, 5.41) is 9.06. The van der Waals surface area contributed by atoms with Crippen LogP contribution in [0.2, 0.25) is 0 Å². The number of rotatable bonds is 7. The zero-order valence-electron chi connectivity index (χ0n) is 11.5. The molecule has 0 radical (unpaired) electrons. The Labute approximate surface area is 122 Å². The maximum absolute atomic E-state index is 12.3. The summed E-state index contributed by atoms with van der Waals surface area (Å²) in [7, 11) is -2.47. The van der Waals surface area contributed by atoms with Gasteiger partial charge in [0.2, 0.25) is 10.0 Å². The van der Waals surface area contributed by atoms with E-state index in [2.05, 4.69) is 4.72 Å². The van der Waals surface area contributed by atoms with Gasteiger partial charge in [0.1, 0.15) is 11.8 Å². The van der Waals surface area contributed by atoms with Crippen LogP contribution in [0.1, 0.15) is 12.0 Å². The van der Waals surface area contributed by atoms with Crippen LogP contribution in [0, 0.1) is 0 Å². The number of ether oxygens (including phenoxy) is 2. The molecule has 0 aromatic heterocycles. The van der Waals surface area contributed by atoms with Crippen LogP contribution in [0.25, 0.3) is 0 Å². The smallest absolute Gasteiger partial charge is 0.321 e. The van der Waals surface area contributed by atoms with Crippen LogP contribution in [0.3, 0.4) is 0 Å². The molecule has 0 bridgehead atoms. The fourth-order valence-electron chi connectivity index (χ4n) is 2.05. The molecular formula is C13H17NO6S. The highest BCUT2D eigenvalue weighted by molar-refractivity contribution is 7.89. The zero-order valence-corrected chi connectivity index (χ0v) is 12.4. The highest BCUT2D eigenvalue weighted by Gasteiger charge is 2.26. The summed E-state index contributed by atoms with van der Waals surface area (Å²) < 4.78 is 36.8. The summed E-state index contributed by atoms with van der Waals surface area (Å²) in [6.07, 6.45) is 0.698. The molecule has 7 nitrogen and oxygen atoms in total. The lowest BCUT2D eigenvalue weighted by Gasteiger charge is -2.14. The Morgan fingerprint density at radius 3 is 2.95 bits per heavy atom. The minimum Gasteiger partial charge on any atom is -0.493 e. The van der Waals surface area contributed by atoms with E-state index in [1.165, 1.54) is 19.2 Å². The monoisotopic (exact) mass is 315 g/mol. The van der Waals surface area contributed by atoms with Crippen molar-refractivity contribution in [2.24, 2.45) is 0 Å². The van der Waals surface area contributed by atoms with Gasteiger partial charge >= 0.3 is 5.97 Å². The SMILES string of the molecule is COCCC(NS(=O)(=O)c1ccc2c(c1)CCO2)C(=O)O. The van der Waals surface area contributed by atoms with E-state index < -0.39 is 22.0 Å². The molecule has 1 unspecified atom stereocenters. The largest absolute Gasteiger partial charge is 0.493 e. The van der Waals surface area contributed by atoms with Gasteiger partial charge in [-0.1, -0.05) is 0 Å². The summed E-state index contributed by atoms with van der Waals surface area (Å²) in [6, 6.07) is 3.28. The molecular weight excluding hydrogens is 298 g/mol. The van der Waals surface area contributed by atoms with Crippen molar-refractivity contribution in [3.63, 3.8) is 0 Å². The number of carboxylic acid groups (broad SMARTS) is 1. The molecule has 2 rings (SSSR count). The van der Waals surface area contributed by atoms with Gasteiger partial charge in [-0.15, -0.1) is 0 Å². The van der Waals surface area contributed by atoms with Gasteiger partial charge in [0, 0.05) is 20.1 Å². The molecule has 1 aliphatic heterocycles. The molecule has 0 fully saturated rings. The summed E-state index contributed by atoms with van der Waals surface area (Å²) in [6.45, 7) is 0.676. The van der Waals surface area contributed by atoms with Crippen molar-refractivity contribution in [2.45, 2.75) is 23.8 Å². The average molecular weight is 315 g/mol. The summed E-state index contributed by atoms with van der Waals surface area (Å²) in [4.78, 5) is 11.1. The van der Waals surface area contributed by atoms with E-state index >= 15 is 0 Å². The number of nitrogens with one attached hydrogen (secondary N) is 1. The number of carbonyl (C=O) groups is 1. The summed E-state index contributed by atoms with van der Waals surface area (Å²) in [5.74, 6) is -0.566. The fourth-order valence-corrected chi connectivity index (χ4v) is 3.33. The zero-order chi connectivity index (χ0) is 15.5. The molecule has 1 heterocycles. The quantitative estimate of drug-likeness (QED) is 0.754. The molecule has 1 aromatic rings. The summed E-state index contributed by atoms with van der Waals surface area (Å²) >= 11 is 0. The first-order valence-corrected chi connectivity index (χ1v) is 7.92. The standard InChI is InChI=1S/C13H17NO6S/c1-19-6-5-11(13(15)16)14-21(17,18)10-2-3-12-9(8-10)4-7-20-12/h2-3,8,11,14H,4-7H2,1H3,(H,15,16). The molecule has 8 heteroatoms. The van der Waals surface area contributed by atoms with Crippen LogP contribution in [-0.4, -0.2) is 45.9 Å². The first-order chi connectivity index (χ1) is 9.94. The summed E-state index contributed by atoms with van der Waals surface area (Å²) in [5.41, 5.74) is 0.807. The molecule has 21 heavy (non-hydrogen) atoms. The van der Waals surface area contributed by atoms with Gasteiger partial charge in [0.05, 0.1) is 11.5 Å². The van der Waals surface area contributed by atoms with Crippen molar-refractivity contribution in [3.8, 4) is 5.75 Å². The van der Waals surface area contributed by atoms with Crippen molar-refractivity contribution in [3.05, 3.63) is 23.8 Å². The van der Waals surface area contributed by atoms with Gasteiger partial charge in [-0.2, -0.15) is 4.72 Å². The maximum Gasteiger partial charge on any atom is 0.321 e. The van der Waals surface area contributed by atoms with Crippen LogP contribution in [-0.2, 0) is 26.0 Å². The van der Waals surface area contributed by atoms with Crippen LogP contribution in [0.15, 0.2) is 23.1 Å². The molecule has 0 saturated heterocycles. The molecule has 116 valence electrons. The van der Waals surface area contributed by atoms with Crippen LogP contribution in [0.5, 0.6) is 5.75 Å². The first-order valence-electron chi connectivity index (χ1n) is 6.44. The second kappa shape index (κ2) is 6.42. The topological polar surface area (TPSA) is 102 Å². The Hall–Kier alpha value is -1.64. The van der Waals surface area contributed by atoms with Crippen molar-refractivity contribution >= 4 is 16.0 Å². The van der Waals surface area contributed by atoms with Crippen LogP contribution >= 0.6 is 0 Å². The number of hydrogen-bond acceptors (Lipinski definition) is 5. The highest BCUT2D eigenvalue weighted by Crippen LogP contribution is 2.27. The number of fused-ring (bicyclic) bond motifs is 1. The third kappa shape index (κ3) is 3.72. The van der Waals surface area contributed by atoms with E-state index in [0.717, 1.165) is 5.56 Å². The van der Waals surface area contributed by atoms with E-state index in [-0.39, 0.29) is 17.9 Å². The number of carboxylic acids is 1. The minimum atomic E-state index is -3.90. The van der Waals surface area contributed by atoms with E-state index in [4.69, 9.17) is 14.6 Å². The van der Waals surface area contributed by atoms with Crippen molar-refractivity contribution in [2.75, 3.05) is 20.3 Å². The van der Waals surface area contributed by atoms with Gasteiger partial charge in [0.25, 0.3) is 0 Å². The number of methoxy groups -OCH3 is 1. The van der Waals surface area contributed by atoms with E-state index in [1.807, 2.05) is 0 Å². The van der Waals surface area contributed by atoms with Gasteiger partial charge in [-0.25, -0.2) is 8.42 Å². The minimum absolute atomic E-state index is 0.0374. The first kappa shape index (κ1) is 15.7. The highest BCUT2D eigenvalue weighted by atomic mass is 32.2. The Bertz CT molecular complexity index is 628.